The third-order valence-electron chi connectivity index (χ3n) is 6.15. The molecule has 0 bridgehead atoms. The number of rotatable bonds is 4. The quantitative estimate of drug-likeness (QED) is 0.750. The molecule has 0 saturated carbocycles. The largest absolute Gasteiger partial charge is 0.379 e. The van der Waals surface area contributed by atoms with Crippen LogP contribution in [-0.4, -0.2) is 76.2 Å². The van der Waals surface area contributed by atoms with E-state index < -0.39 is 10.0 Å². The number of para-hydroxylation sites is 1. The Morgan fingerprint density at radius 1 is 1.17 bits per heavy atom. The molecule has 3 aliphatic rings. The molecule has 2 fully saturated rings. The van der Waals surface area contributed by atoms with Crippen LogP contribution in [0.4, 0.5) is 5.69 Å². The Bertz CT molecular complexity index is 833. The maximum absolute atomic E-state index is 12.9. The lowest BCUT2D eigenvalue weighted by atomic mass is 9.93. The number of hydrogen-bond acceptors (Lipinski definition) is 6. The van der Waals surface area contributed by atoms with E-state index in [4.69, 9.17) is 4.74 Å². The van der Waals surface area contributed by atoms with Gasteiger partial charge in [0.15, 0.2) is 0 Å². The van der Waals surface area contributed by atoms with Crippen molar-refractivity contribution in [3.8, 4) is 0 Å². The summed E-state index contributed by atoms with van der Waals surface area (Å²) in [6, 6.07) is 6.97. The highest BCUT2D eigenvalue weighted by molar-refractivity contribution is 7.89. The minimum atomic E-state index is -3.51. The first-order valence-electron chi connectivity index (χ1n) is 10.4. The van der Waals surface area contributed by atoms with Crippen LogP contribution in [-0.2, 0) is 19.6 Å². The summed E-state index contributed by atoms with van der Waals surface area (Å²) in [4.78, 5) is 17.4. The molecule has 1 aromatic carbocycles. The van der Waals surface area contributed by atoms with Crippen molar-refractivity contribution < 1.29 is 17.9 Å². The number of benzene rings is 1. The number of fused-ring (bicyclic) bond motifs is 1. The van der Waals surface area contributed by atoms with Crippen LogP contribution in [0.1, 0.15) is 19.8 Å². The smallest absolute Gasteiger partial charge is 0.244 e. The second-order valence-corrected chi connectivity index (χ2v) is 9.90. The normalized spacial score (nSPS) is 26.4. The Kier molecular flexibility index (Phi) is 6.10. The van der Waals surface area contributed by atoms with Gasteiger partial charge in [0.1, 0.15) is 4.90 Å². The van der Waals surface area contributed by atoms with Crippen molar-refractivity contribution in [3.63, 3.8) is 0 Å². The van der Waals surface area contributed by atoms with Gasteiger partial charge in [-0.2, -0.15) is 4.72 Å². The number of amides is 1. The molecular weight excluding hydrogens is 392 g/mol. The molecule has 9 heteroatoms. The van der Waals surface area contributed by atoms with Crippen LogP contribution < -0.4 is 10.0 Å². The Balaban J connectivity index is 1.32. The Morgan fingerprint density at radius 2 is 1.86 bits per heavy atom. The van der Waals surface area contributed by atoms with Crippen molar-refractivity contribution in [1.82, 2.24) is 14.5 Å². The van der Waals surface area contributed by atoms with E-state index >= 15 is 0 Å². The molecular formula is C20H30N4O4S. The number of ether oxygens (including phenoxy) is 1. The first-order chi connectivity index (χ1) is 13.9. The molecule has 1 aromatic rings. The number of carbonyl (C=O) groups excluding carboxylic acids is 1. The zero-order valence-electron chi connectivity index (χ0n) is 16.8. The van der Waals surface area contributed by atoms with Gasteiger partial charge in [0.05, 0.1) is 25.1 Å². The van der Waals surface area contributed by atoms with E-state index in [2.05, 4.69) is 14.9 Å². The average Bonchev–Trinajstić information content (AvgIpc) is 2.73. The minimum Gasteiger partial charge on any atom is -0.379 e. The second kappa shape index (κ2) is 8.59. The summed E-state index contributed by atoms with van der Waals surface area (Å²) >= 11 is 0. The SMILES string of the molecule is C[C@H](CN1CCOCC1)C(=O)N1CCC([C@@H]2Nc3ccccc3S(=O)(=O)N2)CC1. The molecule has 3 aliphatic heterocycles. The summed E-state index contributed by atoms with van der Waals surface area (Å²) < 4.78 is 33.2. The van der Waals surface area contributed by atoms with Crippen LogP contribution in [0.15, 0.2) is 29.2 Å². The van der Waals surface area contributed by atoms with E-state index in [1.165, 1.54) is 0 Å². The number of likely N-dealkylation sites (tertiary alicyclic amines) is 1. The van der Waals surface area contributed by atoms with Crippen LogP contribution in [0.2, 0.25) is 0 Å². The zero-order valence-corrected chi connectivity index (χ0v) is 17.7. The highest BCUT2D eigenvalue weighted by atomic mass is 32.2. The number of hydrogen-bond donors (Lipinski definition) is 2. The highest BCUT2D eigenvalue weighted by Gasteiger charge is 2.36. The number of carbonyl (C=O) groups is 1. The van der Waals surface area contributed by atoms with Gasteiger partial charge in [-0.1, -0.05) is 19.1 Å². The van der Waals surface area contributed by atoms with Gasteiger partial charge in [-0.25, -0.2) is 8.42 Å². The van der Waals surface area contributed by atoms with E-state index in [1.807, 2.05) is 17.9 Å². The molecule has 2 saturated heterocycles. The maximum atomic E-state index is 12.9. The minimum absolute atomic E-state index is 0.0390. The van der Waals surface area contributed by atoms with Crippen LogP contribution in [0.3, 0.4) is 0 Å². The van der Waals surface area contributed by atoms with Crippen LogP contribution >= 0.6 is 0 Å². The molecule has 8 nitrogen and oxygen atoms in total. The molecule has 0 spiro atoms. The molecule has 0 unspecified atom stereocenters. The van der Waals surface area contributed by atoms with Gasteiger partial charge >= 0.3 is 0 Å². The van der Waals surface area contributed by atoms with Gasteiger partial charge in [0, 0.05) is 38.6 Å². The third-order valence-corrected chi connectivity index (χ3v) is 7.65. The van der Waals surface area contributed by atoms with Crippen molar-refractivity contribution in [2.75, 3.05) is 51.3 Å². The molecule has 0 radical (unpaired) electrons. The molecule has 0 aromatic heterocycles. The highest BCUT2D eigenvalue weighted by Crippen LogP contribution is 2.31. The van der Waals surface area contributed by atoms with E-state index in [-0.39, 0.29) is 23.9 Å². The number of morpholine rings is 1. The number of sulfonamides is 1. The van der Waals surface area contributed by atoms with Crippen molar-refractivity contribution in [1.29, 1.82) is 0 Å². The number of piperidine rings is 1. The van der Waals surface area contributed by atoms with Crippen LogP contribution in [0, 0.1) is 11.8 Å². The molecule has 0 aliphatic carbocycles. The standard InChI is InChI=1S/C20H30N4O4S/c1-15(14-23-10-12-28-13-11-23)20(25)24-8-6-16(7-9-24)19-21-17-4-2-3-5-18(17)29(26,27)22-19/h2-5,15-16,19,21-22H,6-14H2,1H3/t15-,19-/m1/s1. The summed E-state index contributed by atoms with van der Waals surface area (Å²) in [6.45, 7) is 7.33. The Morgan fingerprint density at radius 3 is 2.59 bits per heavy atom. The lowest BCUT2D eigenvalue weighted by molar-refractivity contribution is -0.137. The fraction of sp³-hybridized carbons (Fsp3) is 0.650. The lowest BCUT2D eigenvalue weighted by Crippen LogP contribution is -2.53. The van der Waals surface area contributed by atoms with Gasteiger partial charge in [-0.15, -0.1) is 0 Å². The first-order valence-corrected chi connectivity index (χ1v) is 11.9. The Labute approximate surface area is 172 Å². The lowest BCUT2D eigenvalue weighted by Gasteiger charge is -2.40. The monoisotopic (exact) mass is 422 g/mol. The van der Waals surface area contributed by atoms with Gasteiger partial charge < -0.3 is 15.0 Å². The van der Waals surface area contributed by atoms with Gasteiger partial charge in [-0.3, -0.25) is 9.69 Å². The fourth-order valence-corrected chi connectivity index (χ4v) is 5.86. The van der Waals surface area contributed by atoms with Gasteiger partial charge in [-0.05, 0) is 30.9 Å². The third kappa shape index (κ3) is 4.58. The summed E-state index contributed by atoms with van der Waals surface area (Å²) in [7, 11) is -3.51. The summed E-state index contributed by atoms with van der Waals surface area (Å²) in [6.07, 6.45) is 1.22. The van der Waals surface area contributed by atoms with E-state index in [9.17, 15) is 13.2 Å². The van der Waals surface area contributed by atoms with Gasteiger partial charge in [0.25, 0.3) is 0 Å². The number of nitrogens with zero attached hydrogens (tertiary/aromatic N) is 2. The van der Waals surface area contributed by atoms with Crippen LogP contribution in [0.25, 0.3) is 0 Å². The van der Waals surface area contributed by atoms with Crippen molar-refractivity contribution in [3.05, 3.63) is 24.3 Å². The van der Waals surface area contributed by atoms with E-state index in [0.717, 1.165) is 45.7 Å². The number of nitrogens with one attached hydrogen (secondary N) is 2. The summed E-state index contributed by atoms with van der Waals surface area (Å²) in [5.41, 5.74) is 0.647. The first kappa shape index (κ1) is 20.6. The van der Waals surface area contributed by atoms with E-state index in [1.54, 1.807) is 18.2 Å². The van der Waals surface area contributed by atoms with Crippen molar-refractivity contribution >= 4 is 21.6 Å². The topological polar surface area (TPSA) is 91.0 Å². The predicted octanol–water partition coefficient (Wildman–Crippen LogP) is 0.923. The molecule has 2 atom stereocenters. The fourth-order valence-electron chi connectivity index (χ4n) is 4.48. The molecule has 160 valence electrons. The van der Waals surface area contributed by atoms with Crippen molar-refractivity contribution in [2.24, 2.45) is 11.8 Å². The molecule has 3 heterocycles. The second-order valence-electron chi connectivity index (χ2n) is 8.22. The number of anilines is 1. The molecule has 29 heavy (non-hydrogen) atoms. The predicted molar refractivity (Wildman–Crippen MR) is 110 cm³/mol. The van der Waals surface area contributed by atoms with Crippen molar-refractivity contribution in [2.45, 2.75) is 30.8 Å². The Hall–Kier alpha value is -1.68. The molecule has 4 rings (SSSR count). The van der Waals surface area contributed by atoms with Crippen LogP contribution in [0.5, 0.6) is 0 Å². The average molecular weight is 423 g/mol. The molecule has 1 amide bonds. The van der Waals surface area contributed by atoms with Gasteiger partial charge in [0.2, 0.25) is 15.9 Å². The molecule has 2 N–H and O–H groups in total. The maximum Gasteiger partial charge on any atom is 0.244 e. The summed E-state index contributed by atoms with van der Waals surface area (Å²) in [5.74, 6) is 0.303. The summed E-state index contributed by atoms with van der Waals surface area (Å²) in [5, 5.41) is 3.33. The van der Waals surface area contributed by atoms with E-state index in [0.29, 0.717) is 23.7 Å². The zero-order chi connectivity index (χ0) is 20.4.